The molecule has 3 aliphatic heterocycles. The van der Waals surface area contributed by atoms with Crippen LogP contribution in [0.3, 0.4) is 0 Å². The number of piperidine rings is 3. The first-order valence-corrected chi connectivity index (χ1v) is 8.83. The molecule has 3 heterocycles. The summed E-state index contributed by atoms with van der Waals surface area (Å²) in [5.41, 5.74) is 1.88. The van der Waals surface area contributed by atoms with Gasteiger partial charge < -0.3 is 10.0 Å². The third-order valence-corrected chi connectivity index (χ3v) is 5.56. The van der Waals surface area contributed by atoms with E-state index in [2.05, 4.69) is 4.90 Å². The van der Waals surface area contributed by atoms with Crippen LogP contribution in [0.4, 0.5) is 19.3 Å². The summed E-state index contributed by atoms with van der Waals surface area (Å²) >= 11 is 0. The lowest BCUT2D eigenvalue weighted by Crippen LogP contribution is -2.58. The lowest BCUT2D eigenvalue weighted by Gasteiger charge is -2.48. The molecule has 1 amide bonds. The van der Waals surface area contributed by atoms with Crippen molar-refractivity contribution < 1.29 is 18.7 Å². The summed E-state index contributed by atoms with van der Waals surface area (Å²) in [4.78, 5) is 15.7. The minimum atomic E-state index is -0.954. The topological polar surface area (TPSA) is 43.8 Å². The Balaban J connectivity index is 1.61. The third kappa shape index (κ3) is 3.05. The number of rotatable bonds is 3. The van der Waals surface area contributed by atoms with Crippen LogP contribution in [0, 0.1) is 17.6 Å². The van der Waals surface area contributed by atoms with Crippen LogP contribution in [0.2, 0.25) is 0 Å². The van der Waals surface area contributed by atoms with Gasteiger partial charge in [-0.15, -0.1) is 0 Å². The van der Waals surface area contributed by atoms with Gasteiger partial charge in [0.15, 0.2) is 11.6 Å². The third-order valence-electron chi connectivity index (χ3n) is 5.56. The highest BCUT2D eigenvalue weighted by Crippen LogP contribution is 2.34. The highest BCUT2D eigenvalue weighted by atomic mass is 19.2. The van der Waals surface area contributed by atoms with Crippen LogP contribution in [-0.4, -0.2) is 41.8 Å². The molecule has 4 nitrogen and oxygen atoms in total. The molecule has 0 spiro atoms. The maximum atomic E-state index is 13.4. The van der Waals surface area contributed by atoms with Crippen LogP contribution in [0.25, 0.3) is 11.1 Å². The highest BCUT2D eigenvalue weighted by Gasteiger charge is 2.40. The van der Waals surface area contributed by atoms with E-state index < -0.39 is 17.7 Å². The molecule has 0 unspecified atom stereocenters. The van der Waals surface area contributed by atoms with Crippen molar-refractivity contribution in [2.45, 2.75) is 18.9 Å². The van der Waals surface area contributed by atoms with Crippen molar-refractivity contribution in [3.05, 3.63) is 54.1 Å². The minimum Gasteiger partial charge on any atom is -0.465 e. The lowest BCUT2D eigenvalue weighted by molar-refractivity contribution is 0.0837. The number of nitrogens with zero attached hydrogens (tertiary/aromatic N) is 2. The number of hydrogen-bond donors (Lipinski definition) is 1. The average molecular weight is 358 g/mol. The summed E-state index contributed by atoms with van der Waals surface area (Å²) in [6, 6.07) is 10.7. The fraction of sp³-hybridized carbons (Fsp3) is 0.350. The second-order valence-corrected chi connectivity index (χ2v) is 7.03. The van der Waals surface area contributed by atoms with Gasteiger partial charge in [-0.2, -0.15) is 0 Å². The molecule has 26 heavy (non-hydrogen) atoms. The van der Waals surface area contributed by atoms with Gasteiger partial charge in [-0.3, -0.25) is 4.90 Å². The number of amides is 1. The van der Waals surface area contributed by atoms with Gasteiger partial charge in [0.25, 0.3) is 0 Å². The van der Waals surface area contributed by atoms with Crippen LogP contribution in [0.1, 0.15) is 12.8 Å². The fourth-order valence-electron chi connectivity index (χ4n) is 4.16. The average Bonchev–Trinajstić information content (AvgIpc) is 2.65. The Morgan fingerprint density at radius 2 is 1.65 bits per heavy atom. The first kappa shape index (κ1) is 17.0. The molecule has 3 fully saturated rings. The van der Waals surface area contributed by atoms with Crippen molar-refractivity contribution in [1.29, 1.82) is 0 Å². The van der Waals surface area contributed by atoms with Crippen LogP contribution in [0.15, 0.2) is 42.5 Å². The summed E-state index contributed by atoms with van der Waals surface area (Å²) in [5.74, 6) is -1.39. The quantitative estimate of drug-likeness (QED) is 0.894. The number of benzene rings is 2. The van der Waals surface area contributed by atoms with Gasteiger partial charge in [0.1, 0.15) is 0 Å². The van der Waals surface area contributed by atoms with Gasteiger partial charge >= 0.3 is 6.09 Å². The van der Waals surface area contributed by atoms with Crippen LogP contribution < -0.4 is 4.90 Å². The molecule has 2 bridgehead atoms. The Morgan fingerprint density at radius 1 is 1.00 bits per heavy atom. The summed E-state index contributed by atoms with van der Waals surface area (Å²) in [7, 11) is 0. The molecular formula is C20H20F2N2O2. The van der Waals surface area contributed by atoms with Gasteiger partial charge in [0.2, 0.25) is 0 Å². The zero-order valence-electron chi connectivity index (χ0n) is 14.2. The summed E-state index contributed by atoms with van der Waals surface area (Å²) in [6.45, 7) is 2.86. The Labute approximate surface area is 150 Å². The SMILES string of the molecule is O=C(O)N(c1ccc(-c2ccc(F)c(F)c2)cc1)[C@H]1CN2CCC1CC2. The number of anilines is 1. The van der Waals surface area contributed by atoms with Crippen molar-refractivity contribution in [1.82, 2.24) is 4.90 Å². The number of carbonyl (C=O) groups is 1. The van der Waals surface area contributed by atoms with Crippen molar-refractivity contribution in [3.8, 4) is 11.1 Å². The zero-order valence-corrected chi connectivity index (χ0v) is 14.2. The second kappa shape index (κ2) is 6.68. The molecule has 1 N–H and O–H groups in total. The molecule has 0 radical (unpaired) electrons. The largest absolute Gasteiger partial charge is 0.465 e. The van der Waals surface area contributed by atoms with E-state index in [0.717, 1.165) is 44.6 Å². The Bertz CT molecular complexity index is 817. The predicted molar refractivity (Wildman–Crippen MR) is 95.2 cm³/mol. The summed E-state index contributed by atoms with van der Waals surface area (Å²) in [6.07, 6.45) is 1.10. The first-order valence-electron chi connectivity index (χ1n) is 8.83. The molecule has 0 aliphatic carbocycles. The highest BCUT2D eigenvalue weighted by molar-refractivity contribution is 5.87. The number of carboxylic acid groups (broad SMARTS) is 1. The molecular weight excluding hydrogens is 338 g/mol. The van der Waals surface area contributed by atoms with Gasteiger partial charge in [-0.05, 0) is 67.2 Å². The minimum absolute atomic E-state index is 0.0379. The van der Waals surface area contributed by atoms with Crippen LogP contribution in [0.5, 0.6) is 0 Å². The van der Waals surface area contributed by atoms with Gasteiger partial charge in [0, 0.05) is 12.2 Å². The Morgan fingerprint density at radius 3 is 2.19 bits per heavy atom. The summed E-state index contributed by atoms with van der Waals surface area (Å²) < 4.78 is 26.5. The number of halogens is 2. The van der Waals surface area contributed by atoms with E-state index >= 15 is 0 Å². The molecule has 0 saturated carbocycles. The molecule has 2 aromatic carbocycles. The first-order chi connectivity index (χ1) is 12.5. The molecule has 1 atom stereocenters. The van der Waals surface area contributed by atoms with Crippen molar-refractivity contribution in [2.24, 2.45) is 5.92 Å². The van der Waals surface area contributed by atoms with E-state index in [1.54, 1.807) is 24.3 Å². The maximum absolute atomic E-state index is 13.4. The second-order valence-electron chi connectivity index (χ2n) is 7.03. The zero-order chi connectivity index (χ0) is 18.3. The molecule has 6 heteroatoms. The smallest absolute Gasteiger partial charge is 0.412 e. The molecule has 5 rings (SSSR count). The van der Waals surface area contributed by atoms with Gasteiger partial charge in [0.05, 0.1) is 6.04 Å². The van der Waals surface area contributed by atoms with E-state index in [-0.39, 0.29) is 6.04 Å². The monoisotopic (exact) mass is 358 g/mol. The van der Waals surface area contributed by atoms with E-state index in [1.165, 1.54) is 11.0 Å². The van der Waals surface area contributed by atoms with Gasteiger partial charge in [-0.1, -0.05) is 18.2 Å². The molecule has 3 aliphatic rings. The summed E-state index contributed by atoms with van der Waals surface area (Å²) in [5, 5.41) is 9.78. The van der Waals surface area contributed by atoms with E-state index in [1.807, 2.05) is 0 Å². The molecule has 2 aromatic rings. The lowest BCUT2D eigenvalue weighted by atomic mass is 9.83. The maximum Gasteiger partial charge on any atom is 0.412 e. The normalized spacial score (nSPS) is 24.5. The predicted octanol–water partition coefficient (Wildman–Crippen LogP) is 4.21. The van der Waals surface area contributed by atoms with Crippen LogP contribution >= 0.6 is 0 Å². The number of fused-ring (bicyclic) bond motifs is 3. The van der Waals surface area contributed by atoms with E-state index in [9.17, 15) is 18.7 Å². The van der Waals surface area contributed by atoms with Crippen LogP contribution in [-0.2, 0) is 0 Å². The molecule has 136 valence electrons. The van der Waals surface area contributed by atoms with Crippen molar-refractivity contribution >= 4 is 11.8 Å². The standard InChI is InChI=1S/C20H20F2N2O2/c21-17-6-3-15(11-18(17)22)13-1-4-16(5-2-13)24(20(25)26)19-12-23-9-7-14(19)8-10-23/h1-6,11,14,19H,7-10,12H2,(H,25,26)/t19-/m0/s1. The Hall–Kier alpha value is -2.47. The molecule has 0 aromatic heterocycles. The van der Waals surface area contributed by atoms with Crippen molar-refractivity contribution in [2.75, 3.05) is 24.5 Å². The fourth-order valence-corrected chi connectivity index (χ4v) is 4.16. The molecule has 3 saturated heterocycles. The Kier molecular flexibility index (Phi) is 4.36. The number of hydrogen-bond acceptors (Lipinski definition) is 2. The van der Waals surface area contributed by atoms with E-state index in [4.69, 9.17) is 0 Å². The van der Waals surface area contributed by atoms with Gasteiger partial charge in [-0.25, -0.2) is 13.6 Å². The van der Waals surface area contributed by atoms with E-state index in [0.29, 0.717) is 22.7 Å². The van der Waals surface area contributed by atoms with Crippen molar-refractivity contribution in [3.63, 3.8) is 0 Å².